The second-order valence-electron chi connectivity index (χ2n) is 7.59. The van der Waals surface area contributed by atoms with Crippen LogP contribution in [0.15, 0.2) is 54.6 Å². The number of carbonyl (C=O) groups excluding carboxylic acids is 1. The van der Waals surface area contributed by atoms with E-state index in [1.54, 1.807) is 12.0 Å². The van der Waals surface area contributed by atoms with Crippen molar-refractivity contribution in [3.05, 3.63) is 65.7 Å². The fraction of sp³-hybridized carbons (Fsp3) is 0.391. The molecule has 28 heavy (non-hydrogen) atoms. The molecule has 3 atom stereocenters. The van der Waals surface area contributed by atoms with E-state index in [0.717, 1.165) is 23.3 Å². The molecule has 1 saturated heterocycles. The van der Waals surface area contributed by atoms with Gasteiger partial charge in [-0.05, 0) is 29.5 Å². The first-order chi connectivity index (χ1) is 13.5. The van der Waals surface area contributed by atoms with E-state index in [0.29, 0.717) is 13.0 Å². The average Bonchev–Trinajstić information content (AvgIpc) is 3.15. The van der Waals surface area contributed by atoms with Crippen LogP contribution in [0.2, 0.25) is 0 Å². The van der Waals surface area contributed by atoms with Crippen molar-refractivity contribution in [1.82, 2.24) is 4.90 Å². The summed E-state index contributed by atoms with van der Waals surface area (Å²) in [7, 11) is 1.65. The van der Waals surface area contributed by atoms with Gasteiger partial charge in [-0.2, -0.15) is 0 Å². The van der Waals surface area contributed by atoms with Gasteiger partial charge in [0.2, 0.25) is 5.91 Å². The molecule has 5 nitrogen and oxygen atoms in total. The Balaban J connectivity index is 1.65. The zero-order valence-corrected chi connectivity index (χ0v) is 16.4. The van der Waals surface area contributed by atoms with Crippen LogP contribution in [0.4, 0.5) is 0 Å². The largest absolute Gasteiger partial charge is 0.496 e. The van der Waals surface area contributed by atoms with Gasteiger partial charge in [0.05, 0.1) is 13.0 Å². The molecule has 5 heteroatoms. The third-order valence-corrected chi connectivity index (χ3v) is 5.50. The molecule has 2 aromatic rings. The molecule has 1 unspecified atom stereocenters. The molecule has 0 spiro atoms. The van der Waals surface area contributed by atoms with Gasteiger partial charge in [-0.25, -0.2) is 0 Å². The summed E-state index contributed by atoms with van der Waals surface area (Å²) in [5, 5.41) is 9.63. The predicted molar refractivity (Wildman–Crippen MR) is 107 cm³/mol. The van der Waals surface area contributed by atoms with Crippen LogP contribution in [0.1, 0.15) is 30.4 Å². The maximum absolute atomic E-state index is 12.8. The topological polar surface area (TPSA) is 66.8 Å². The Morgan fingerprint density at radius 2 is 1.79 bits per heavy atom. The highest BCUT2D eigenvalue weighted by atomic mass is 16.5. The van der Waals surface area contributed by atoms with Gasteiger partial charge in [0.15, 0.2) is 0 Å². The number of aliphatic carboxylic acids is 1. The van der Waals surface area contributed by atoms with E-state index >= 15 is 0 Å². The normalized spacial score (nSPS) is 20.0. The Hall–Kier alpha value is -2.82. The van der Waals surface area contributed by atoms with Crippen molar-refractivity contribution in [2.75, 3.05) is 20.2 Å². The van der Waals surface area contributed by atoms with Crippen molar-refractivity contribution >= 4 is 11.9 Å². The summed E-state index contributed by atoms with van der Waals surface area (Å²) in [6, 6.07) is 17.5. The van der Waals surface area contributed by atoms with E-state index in [-0.39, 0.29) is 24.3 Å². The highest BCUT2D eigenvalue weighted by Gasteiger charge is 2.40. The Morgan fingerprint density at radius 1 is 1.11 bits per heavy atom. The van der Waals surface area contributed by atoms with Crippen LogP contribution in [0.25, 0.3) is 0 Å². The van der Waals surface area contributed by atoms with Crippen LogP contribution in [-0.4, -0.2) is 42.1 Å². The number of carbonyl (C=O) groups is 2. The highest BCUT2D eigenvalue weighted by molar-refractivity contribution is 5.80. The first-order valence-electron chi connectivity index (χ1n) is 9.67. The summed E-state index contributed by atoms with van der Waals surface area (Å²) >= 11 is 0. The van der Waals surface area contributed by atoms with Crippen molar-refractivity contribution < 1.29 is 19.4 Å². The standard InChI is InChI=1S/C23H27NO4/c1-16(12-18-10-6-7-11-21(18)28-2)13-22(25)24-14-19(20(15-24)23(26)27)17-8-4-3-5-9-17/h3-11,16,19-20H,12-15H2,1-2H3,(H,26,27)/t16?,19-,20-/m0/s1. The first-order valence-corrected chi connectivity index (χ1v) is 9.67. The molecule has 1 amide bonds. The molecule has 0 aliphatic carbocycles. The van der Waals surface area contributed by atoms with E-state index in [1.807, 2.05) is 61.5 Å². The summed E-state index contributed by atoms with van der Waals surface area (Å²) in [5.41, 5.74) is 2.06. The molecule has 0 saturated carbocycles. The maximum atomic E-state index is 12.8. The van der Waals surface area contributed by atoms with Crippen LogP contribution in [0.3, 0.4) is 0 Å². The molecular weight excluding hydrogens is 354 g/mol. The van der Waals surface area contributed by atoms with Crippen molar-refractivity contribution in [2.45, 2.75) is 25.7 Å². The van der Waals surface area contributed by atoms with E-state index in [2.05, 4.69) is 0 Å². The van der Waals surface area contributed by atoms with Crippen LogP contribution >= 0.6 is 0 Å². The minimum atomic E-state index is -0.841. The Kier molecular flexibility index (Phi) is 6.34. The number of carboxylic acids is 1. The Morgan fingerprint density at radius 3 is 2.46 bits per heavy atom. The monoisotopic (exact) mass is 381 g/mol. The fourth-order valence-corrected chi connectivity index (χ4v) is 4.04. The van der Waals surface area contributed by atoms with Crippen molar-refractivity contribution in [2.24, 2.45) is 11.8 Å². The van der Waals surface area contributed by atoms with Crippen molar-refractivity contribution in [3.8, 4) is 5.75 Å². The van der Waals surface area contributed by atoms with E-state index < -0.39 is 11.9 Å². The number of benzene rings is 2. The summed E-state index contributed by atoms with van der Waals surface area (Å²) in [6.07, 6.45) is 1.14. The van der Waals surface area contributed by atoms with Crippen LogP contribution in [-0.2, 0) is 16.0 Å². The molecule has 2 aromatic carbocycles. The van der Waals surface area contributed by atoms with Gasteiger partial charge in [0.25, 0.3) is 0 Å². The van der Waals surface area contributed by atoms with Crippen LogP contribution < -0.4 is 4.74 Å². The van der Waals surface area contributed by atoms with Crippen molar-refractivity contribution in [1.29, 1.82) is 0 Å². The fourth-order valence-electron chi connectivity index (χ4n) is 4.04. The number of rotatable bonds is 7. The molecule has 1 heterocycles. The quantitative estimate of drug-likeness (QED) is 0.796. The second kappa shape index (κ2) is 8.91. The molecule has 0 bridgehead atoms. The SMILES string of the molecule is COc1ccccc1CC(C)CC(=O)N1C[C@H](C(=O)O)[C@H](c2ccccc2)C1. The lowest BCUT2D eigenvalue weighted by atomic mass is 9.89. The lowest BCUT2D eigenvalue weighted by Crippen LogP contribution is -2.31. The highest BCUT2D eigenvalue weighted by Crippen LogP contribution is 2.33. The zero-order chi connectivity index (χ0) is 20.1. The van der Waals surface area contributed by atoms with Gasteiger partial charge in [-0.15, -0.1) is 0 Å². The summed E-state index contributed by atoms with van der Waals surface area (Å²) < 4.78 is 5.39. The molecule has 3 rings (SSSR count). The summed E-state index contributed by atoms with van der Waals surface area (Å²) in [5.74, 6) is -0.567. The number of carboxylic acid groups (broad SMARTS) is 1. The smallest absolute Gasteiger partial charge is 0.308 e. The third-order valence-electron chi connectivity index (χ3n) is 5.50. The predicted octanol–water partition coefficient (Wildman–Crippen LogP) is 3.59. The second-order valence-corrected chi connectivity index (χ2v) is 7.59. The Labute approximate surface area is 165 Å². The third kappa shape index (κ3) is 4.53. The molecule has 1 aliphatic heterocycles. The van der Waals surface area contributed by atoms with Crippen molar-refractivity contribution in [3.63, 3.8) is 0 Å². The van der Waals surface area contributed by atoms with Gasteiger partial charge in [-0.1, -0.05) is 55.5 Å². The van der Waals surface area contributed by atoms with Crippen LogP contribution in [0.5, 0.6) is 5.75 Å². The number of hydrogen-bond donors (Lipinski definition) is 1. The maximum Gasteiger partial charge on any atom is 0.308 e. The van der Waals surface area contributed by atoms with Gasteiger partial charge < -0.3 is 14.7 Å². The summed E-state index contributed by atoms with van der Waals surface area (Å²) in [6.45, 7) is 2.78. The minimum Gasteiger partial charge on any atom is -0.496 e. The molecule has 1 N–H and O–H groups in total. The molecule has 1 fully saturated rings. The summed E-state index contributed by atoms with van der Waals surface area (Å²) in [4.78, 5) is 26.3. The average molecular weight is 381 g/mol. The number of para-hydroxylation sites is 1. The van der Waals surface area contributed by atoms with Gasteiger partial charge >= 0.3 is 5.97 Å². The number of amides is 1. The van der Waals surface area contributed by atoms with Gasteiger partial charge in [-0.3, -0.25) is 9.59 Å². The van der Waals surface area contributed by atoms with Gasteiger partial charge in [0, 0.05) is 25.4 Å². The molecule has 148 valence electrons. The minimum absolute atomic E-state index is 0.0204. The number of hydrogen-bond acceptors (Lipinski definition) is 3. The number of methoxy groups -OCH3 is 1. The number of likely N-dealkylation sites (tertiary alicyclic amines) is 1. The van der Waals surface area contributed by atoms with Gasteiger partial charge in [0.1, 0.15) is 5.75 Å². The number of nitrogens with zero attached hydrogens (tertiary/aromatic N) is 1. The van der Waals surface area contributed by atoms with E-state index in [1.165, 1.54) is 0 Å². The molecular formula is C23H27NO4. The van der Waals surface area contributed by atoms with E-state index in [4.69, 9.17) is 4.74 Å². The Bertz CT molecular complexity index is 820. The first kappa shape index (κ1) is 19.9. The lowest BCUT2D eigenvalue weighted by Gasteiger charge is -2.20. The molecule has 0 aromatic heterocycles. The zero-order valence-electron chi connectivity index (χ0n) is 16.4. The molecule has 1 aliphatic rings. The van der Waals surface area contributed by atoms with Crippen LogP contribution in [0, 0.1) is 11.8 Å². The molecule has 0 radical (unpaired) electrons. The number of ether oxygens (including phenoxy) is 1. The van der Waals surface area contributed by atoms with E-state index in [9.17, 15) is 14.7 Å². The lowest BCUT2D eigenvalue weighted by molar-refractivity contribution is -0.141.